The van der Waals surface area contributed by atoms with Crippen LogP contribution < -0.4 is 5.73 Å². The lowest BCUT2D eigenvalue weighted by Crippen LogP contribution is -1.98. The fraction of sp³-hybridized carbons (Fsp3) is 0.375. The Morgan fingerprint density at radius 1 is 1.73 bits per heavy atom. The van der Waals surface area contributed by atoms with Crippen LogP contribution in [0.4, 0.5) is 5.82 Å². The summed E-state index contributed by atoms with van der Waals surface area (Å²) in [4.78, 5) is 4.00. The minimum absolute atomic E-state index is 0.544. The quantitative estimate of drug-likeness (QED) is 0.592. The van der Waals surface area contributed by atoms with Crippen molar-refractivity contribution in [3.63, 3.8) is 0 Å². The highest BCUT2D eigenvalue weighted by Crippen LogP contribution is 2.11. The van der Waals surface area contributed by atoms with E-state index >= 15 is 0 Å². The van der Waals surface area contributed by atoms with Gasteiger partial charge < -0.3 is 10.3 Å². The second-order valence-electron chi connectivity index (χ2n) is 2.32. The zero-order chi connectivity index (χ0) is 8.43. The molecule has 0 fully saturated rings. The Labute approximate surface area is 66.2 Å². The van der Waals surface area contributed by atoms with E-state index in [1.165, 1.54) is 0 Å². The van der Waals surface area contributed by atoms with Gasteiger partial charge in [-0.05, 0) is 12.3 Å². The summed E-state index contributed by atoms with van der Waals surface area (Å²) in [5, 5.41) is 0. The Morgan fingerprint density at radius 2 is 2.36 bits per heavy atom. The van der Waals surface area contributed by atoms with E-state index < -0.39 is 0 Å². The Balaban J connectivity index is 3.28. The summed E-state index contributed by atoms with van der Waals surface area (Å²) in [6, 6.07) is 0. The standard InChI is InChI=1S/C8H11N3/c1-4-6-8(9)10-7(5-2)11(6)3/h2H,4,9H2,1,3H3. The van der Waals surface area contributed by atoms with Crippen molar-refractivity contribution in [2.75, 3.05) is 5.73 Å². The van der Waals surface area contributed by atoms with Gasteiger partial charge >= 0.3 is 0 Å². The lowest BCUT2D eigenvalue weighted by atomic mass is 10.3. The molecule has 1 aromatic heterocycles. The highest BCUT2D eigenvalue weighted by atomic mass is 15.1. The highest BCUT2D eigenvalue weighted by molar-refractivity contribution is 5.40. The average Bonchev–Trinajstić information content (AvgIpc) is 2.26. The molecule has 3 nitrogen and oxygen atoms in total. The van der Waals surface area contributed by atoms with Crippen LogP contribution >= 0.6 is 0 Å². The Hall–Kier alpha value is -1.43. The van der Waals surface area contributed by atoms with Gasteiger partial charge in [-0.2, -0.15) is 0 Å². The summed E-state index contributed by atoms with van der Waals surface area (Å²) in [6.07, 6.45) is 6.06. The summed E-state index contributed by atoms with van der Waals surface area (Å²) in [6.45, 7) is 2.02. The molecule has 2 N–H and O–H groups in total. The number of nitrogen functional groups attached to an aromatic ring is 1. The van der Waals surface area contributed by atoms with Crippen molar-refractivity contribution < 1.29 is 0 Å². The lowest BCUT2D eigenvalue weighted by molar-refractivity contribution is 0.822. The third kappa shape index (κ3) is 1.07. The maximum absolute atomic E-state index is 5.60. The van der Waals surface area contributed by atoms with Gasteiger partial charge in [-0.3, -0.25) is 0 Å². The van der Waals surface area contributed by atoms with Crippen LogP contribution in [0.25, 0.3) is 0 Å². The fourth-order valence-corrected chi connectivity index (χ4v) is 1.10. The molecule has 11 heavy (non-hydrogen) atoms. The molecule has 0 saturated heterocycles. The van der Waals surface area contributed by atoms with Gasteiger partial charge in [0.05, 0.1) is 5.69 Å². The molecule has 1 rings (SSSR count). The van der Waals surface area contributed by atoms with Crippen LogP contribution in [0, 0.1) is 12.3 Å². The van der Waals surface area contributed by atoms with Crippen molar-refractivity contribution in [1.29, 1.82) is 0 Å². The van der Waals surface area contributed by atoms with Crippen molar-refractivity contribution in [2.45, 2.75) is 13.3 Å². The first kappa shape index (κ1) is 7.67. The maximum Gasteiger partial charge on any atom is 0.187 e. The second-order valence-corrected chi connectivity index (χ2v) is 2.32. The minimum Gasteiger partial charge on any atom is -0.382 e. The van der Waals surface area contributed by atoms with E-state index in [0.29, 0.717) is 11.6 Å². The zero-order valence-corrected chi connectivity index (χ0v) is 6.76. The molecular formula is C8H11N3. The van der Waals surface area contributed by atoms with Crippen LogP contribution in [0.15, 0.2) is 0 Å². The van der Waals surface area contributed by atoms with Gasteiger partial charge in [0, 0.05) is 7.05 Å². The number of aromatic nitrogens is 2. The summed E-state index contributed by atoms with van der Waals surface area (Å²) in [5.41, 5.74) is 6.60. The number of hydrogen-bond donors (Lipinski definition) is 1. The molecule has 1 heterocycles. The van der Waals surface area contributed by atoms with E-state index in [2.05, 4.69) is 10.9 Å². The molecule has 0 aliphatic carbocycles. The van der Waals surface area contributed by atoms with Crippen LogP contribution in [0.3, 0.4) is 0 Å². The third-order valence-corrected chi connectivity index (χ3v) is 1.71. The molecule has 0 aliphatic rings. The first-order valence-corrected chi connectivity index (χ1v) is 3.48. The summed E-state index contributed by atoms with van der Waals surface area (Å²) < 4.78 is 1.84. The van der Waals surface area contributed by atoms with Crippen LogP contribution in [0.2, 0.25) is 0 Å². The number of nitrogens with two attached hydrogens (primary N) is 1. The topological polar surface area (TPSA) is 43.8 Å². The first-order valence-electron chi connectivity index (χ1n) is 3.48. The summed E-state index contributed by atoms with van der Waals surface area (Å²) in [5.74, 6) is 3.60. The number of nitrogens with zero attached hydrogens (tertiary/aromatic N) is 2. The van der Waals surface area contributed by atoms with Crippen molar-refractivity contribution in [2.24, 2.45) is 7.05 Å². The van der Waals surface area contributed by atoms with Crippen molar-refractivity contribution in [1.82, 2.24) is 9.55 Å². The average molecular weight is 149 g/mol. The van der Waals surface area contributed by atoms with Crippen LogP contribution in [-0.2, 0) is 13.5 Å². The molecule has 1 aromatic rings. The van der Waals surface area contributed by atoms with Crippen LogP contribution in [0.5, 0.6) is 0 Å². The molecule has 0 radical (unpaired) electrons. The number of hydrogen-bond acceptors (Lipinski definition) is 2. The van der Waals surface area contributed by atoms with E-state index in [4.69, 9.17) is 12.2 Å². The largest absolute Gasteiger partial charge is 0.382 e. The Kier molecular flexibility index (Phi) is 1.86. The van der Waals surface area contributed by atoms with Gasteiger partial charge in [-0.15, -0.1) is 6.42 Å². The van der Waals surface area contributed by atoms with Crippen molar-refractivity contribution in [3.8, 4) is 12.3 Å². The Bertz CT molecular complexity index is 304. The van der Waals surface area contributed by atoms with Crippen LogP contribution in [-0.4, -0.2) is 9.55 Å². The zero-order valence-electron chi connectivity index (χ0n) is 6.76. The molecular weight excluding hydrogens is 138 g/mol. The van der Waals surface area contributed by atoms with Gasteiger partial charge in [0.1, 0.15) is 5.82 Å². The molecule has 0 bridgehead atoms. The first-order chi connectivity index (χ1) is 5.20. The second kappa shape index (κ2) is 2.67. The third-order valence-electron chi connectivity index (χ3n) is 1.71. The van der Waals surface area contributed by atoms with E-state index in [9.17, 15) is 0 Å². The Morgan fingerprint density at radius 3 is 2.64 bits per heavy atom. The van der Waals surface area contributed by atoms with Gasteiger partial charge in [0.15, 0.2) is 5.82 Å². The molecule has 0 saturated carbocycles. The van der Waals surface area contributed by atoms with E-state index in [1.54, 1.807) is 0 Å². The number of anilines is 1. The number of terminal acetylenes is 1. The van der Waals surface area contributed by atoms with Gasteiger partial charge in [-0.25, -0.2) is 4.98 Å². The smallest absolute Gasteiger partial charge is 0.187 e. The van der Waals surface area contributed by atoms with E-state index in [0.717, 1.165) is 12.1 Å². The summed E-state index contributed by atoms with van der Waals surface area (Å²) >= 11 is 0. The summed E-state index contributed by atoms with van der Waals surface area (Å²) in [7, 11) is 1.87. The predicted molar refractivity (Wildman–Crippen MR) is 44.9 cm³/mol. The predicted octanol–water partition coefficient (Wildman–Crippen LogP) is 0.546. The molecule has 0 atom stereocenters. The molecule has 0 amide bonds. The fourth-order valence-electron chi connectivity index (χ4n) is 1.10. The molecule has 0 spiro atoms. The van der Waals surface area contributed by atoms with Gasteiger partial charge in [0.2, 0.25) is 0 Å². The maximum atomic E-state index is 5.60. The molecule has 3 heteroatoms. The molecule has 0 aliphatic heterocycles. The minimum atomic E-state index is 0.544. The monoisotopic (exact) mass is 149 g/mol. The number of imidazole rings is 1. The van der Waals surface area contributed by atoms with Crippen LogP contribution in [0.1, 0.15) is 18.4 Å². The molecule has 0 aromatic carbocycles. The van der Waals surface area contributed by atoms with Crippen molar-refractivity contribution in [3.05, 3.63) is 11.5 Å². The van der Waals surface area contributed by atoms with E-state index in [1.807, 2.05) is 18.5 Å². The van der Waals surface area contributed by atoms with Gasteiger partial charge in [0.25, 0.3) is 0 Å². The normalized spacial score (nSPS) is 9.55. The van der Waals surface area contributed by atoms with Gasteiger partial charge in [-0.1, -0.05) is 6.92 Å². The highest BCUT2D eigenvalue weighted by Gasteiger charge is 2.07. The van der Waals surface area contributed by atoms with Crippen molar-refractivity contribution >= 4 is 5.82 Å². The number of rotatable bonds is 1. The molecule has 0 unspecified atom stereocenters. The molecule has 58 valence electrons. The lowest BCUT2D eigenvalue weighted by Gasteiger charge is -1.98. The van der Waals surface area contributed by atoms with E-state index in [-0.39, 0.29) is 0 Å². The SMILES string of the molecule is C#Cc1nc(N)c(CC)n1C.